The zero-order chi connectivity index (χ0) is 9.10. The first-order valence-electron chi connectivity index (χ1n) is 4.29. The van der Waals surface area contributed by atoms with Crippen molar-refractivity contribution >= 4 is 11.6 Å². The second kappa shape index (κ2) is 4.00. The van der Waals surface area contributed by atoms with Crippen LogP contribution in [0.15, 0.2) is 12.1 Å². The van der Waals surface area contributed by atoms with Gasteiger partial charge in [-0.1, -0.05) is 11.6 Å². The lowest BCUT2D eigenvalue weighted by atomic mass is 10.1. The molecule has 2 N–H and O–H groups in total. The molecule has 4 nitrogen and oxygen atoms in total. The molecule has 1 saturated heterocycles. The third-order valence-corrected chi connectivity index (χ3v) is 2.25. The highest BCUT2D eigenvalue weighted by molar-refractivity contribution is 6.29. The summed E-state index contributed by atoms with van der Waals surface area (Å²) in [5.74, 6) is 0. The monoisotopic (exact) mass is 198 g/mol. The molecular weight excluding hydrogens is 188 g/mol. The second-order valence-corrected chi connectivity index (χ2v) is 3.38. The van der Waals surface area contributed by atoms with Crippen LogP contribution in [0.25, 0.3) is 0 Å². The zero-order valence-corrected chi connectivity index (χ0v) is 7.88. The molecule has 0 aromatic carbocycles. The van der Waals surface area contributed by atoms with Gasteiger partial charge in [0, 0.05) is 19.6 Å². The molecule has 1 fully saturated rings. The fourth-order valence-electron chi connectivity index (χ4n) is 1.37. The van der Waals surface area contributed by atoms with Crippen LogP contribution in [0.1, 0.15) is 11.7 Å². The quantitative estimate of drug-likeness (QED) is 0.685. The number of halogens is 1. The van der Waals surface area contributed by atoms with E-state index in [1.807, 2.05) is 6.07 Å². The van der Waals surface area contributed by atoms with Crippen molar-refractivity contribution in [2.24, 2.45) is 0 Å². The Morgan fingerprint density at radius 1 is 1.31 bits per heavy atom. The molecule has 1 aromatic heterocycles. The van der Waals surface area contributed by atoms with Crippen LogP contribution in [0.2, 0.25) is 5.15 Å². The Balaban J connectivity index is 2.10. The number of aromatic nitrogens is 2. The lowest BCUT2D eigenvalue weighted by molar-refractivity contribution is 0.420. The number of piperazine rings is 1. The van der Waals surface area contributed by atoms with Crippen molar-refractivity contribution in [3.8, 4) is 0 Å². The molecule has 5 heteroatoms. The fourth-order valence-corrected chi connectivity index (χ4v) is 1.48. The highest BCUT2D eigenvalue weighted by Gasteiger charge is 2.15. The Kier molecular flexibility index (Phi) is 2.73. The summed E-state index contributed by atoms with van der Waals surface area (Å²) in [4.78, 5) is 0. The summed E-state index contributed by atoms with van der Waals surface area (Å²) in [6.45, 7) is 2.88. The topological polar surface area (TPSA) is 49.8 Å². The first-order valence-corrected chi connectivity index (χ1v) is 4.67. The van der Waals surface area contributed by atoms with Crippen molar-refractivity contribution in [2.45, 2.75) is 6.04 Å². The molecule has 13 heavy (non-hydrogen) atoms. The maximum atomic E-state index is 5.64. The van der Waals surface area contributed by atoms with Gasteiger partial charge in [0.2, 0.25) is 0 Å². The van der Waals surface area contributed by atoms with Gasteiger partial charge in [0.25, 0.3) is 0 Å². The molecule has 1 aliphatic heterocycles. The molecule has 1 atom stereocenters. The van der Waals surface area contributed by atoms with E-state index < -0.39 is 0 Å². The second-order valence-electron chi connectivity index (χ2n) is 2.99. The van der Waals surface area contributed by atoms with E-state index in [0.717, 1.165) is 25.3 Å². The van der Waals surface area contributed by atoms with Crippen LogP contribution in [0, 0.1) is 0 Å². The third kappa shape index (κ3) is 2.15. The van der Waals surface area contributed by atoms with Crippen molar-refractivity contribution in [1.29, 1.82) is 0 Å². The van der Waals surface area contributed by atoms with Crippen LogP contribution in [0.4, 0.5) is 0 Å². The van der Waals surface area contributed by atoms with Gasteiger partial charge in [-0.25, -0.2) is 0 Å². The van der Waals surface area contributed by atoms with Crippen molar-refractivity contribution in [1.82, 2.24) is 20.8 Å². The largest absolute Gasteiger partial charge is 0.314 e. The van der Waals surface area contributed by atoms with Crippen LogP contribution >= 0.6 is 11.6 Å². The maximum Gasteiger partial charge on any atom is 0.151 e. The Hall–Kier alpha value is -0.710. The summed E-state index contributed by atoms with van der Waals surface area (Å²) in [5, 5.41) is 14.9. The predicted molar refractivity (Wildman–Crippen MR) is 50.7 cm³/mol. The van der Waals surface area contributed by atoms with E-state index in [1.165, 1.54) is 0 Å². The van der Waals surface area contributed by atoms with Gasteiger partial charge in [0.05, 0.1) is 11.7 Å². The molecule has 0 spiro atoms. The molecule has 1 aliphatic rings. The Morgan fingerprint density at radius 3 is 2.85 bits per heavy atom. The number of hydrogen-bond donors (Lipinski definition) is 2. The fraction of sp³-hybridized carbons (Fsp3) is 0.500. The SMILES string of the molecule is Clc1ccc(C2CNCCN2)nn1. The molecule has 0 amide bonds. The number of hydrogen-bond acceptors (Lipinski definition) is 4. The summed E-state index contributed by atoms with van der Waals surface area (Å²) in [6.07, 6.45) is 0. The maximum absolute atomic E-state index is 5.64. The molecule has 2 heterocycles. The van der Waals surface area contributed by atoms with E-state index in [9.17, 15) is 0 Å². The predicted octanol–water partition coefficient (Wildman–Crippen LogP) is 0.364. The van der Waals surface area contributed by atoms with Crippen LogP contribution in [0.5, 0.6) is 0 Å². The summed E-state index contributed by atoms with van der Waals surface area (Å²) in [5.41, 5.74) is 0.941. The van der Waals surface area contributed by atoms with Gasteiger partial charge in [-0.2, -0.15) is 5.10 Å². The highest BCUT2D eigenvalue weighted by Crippen LogP contribution is 2.11. The van der Waals surface area contributed by atoms with E-state index in [1.54, 1.807) is 6.07 Å². The average molecular weight is 199 g/mol. The molecule has 0 saturated carbocycles. The summed E-state index contributed by atoms with van der Waals surface area (Å²) in [6, 6.07) is 3.93. The molecular formula is C8H11ClN4. The lowest BCUT2D eigenvalue weighted by Crippen LogP contribution is -2.43. The van der Waals surface area contributed by atoms with Gasteiger partial charge < -0.3 is 10.6 Å². The van der Waals surface area contributed by atoms with E-state index in [0.29, 0.717) is 5.15 Å². The van der Waals surface area contributed by atoms with Crippen LogP contribution in [-0.4, -0.2) is 29.8 Å². The van der Waals surface area contributed by atoms with Gasteiger partial charge in [0.1, 0.15) is 0 Å². The lowest BCUT2D eigenvalue weighted by Gasteiger charge is -2.23. The van der Waals surface area contributed by atoms with Crippen LogP contribution < -0.4 is 10.6 Å². The summed E-state index contributed by atoms with van der Waals surface area (Å²) < 4.78 is 0. The zero-order valence-electron chi connectivity index (χ0n) is 7.13. The minimum atomic E-state index is 0.263. The number of nitrogens with one attached hydrogen (secondary N) is 2. The minimum absolute atomic E-state index is 0.263. The molecule has 2 rings (SSSR count). The van der Waals surface area contributed by atoms with Crippen molar-refractivity contribution in [2.75, 3.05) is 19.6 Å². The van der Waals surface area contributed by atoms with Crippen molar-refractivity contribution in [3.63, 3.8) is 0 Å². The van der Waals surface area contributed by atoms with Gasteiger partial charge in [-0.15, -0.1) is 5.10 Å². The van der Waals surface area contributed by atoms with Gasteiger partial charge in [-0.3, -0.25) is 0 Å². The summed E-state index contributed by atoms with van der Waals surface area (Å²) in [7, 11) is 0. The van der Waals surface area contributed by atoms with Gasteiger partial charge in [-0.05, 0) is 12.1 Å². The van der Waals surface area contributed by atoms with Crippen LogP contribution in [0.3, 0.4) is 0 Å². The molecule has 0 aliphatic carbocycles. The average Bonchev–Trinajstić information content (AvgIpc) is 2.20. The Labute approximate surface area is 81.7 Å². The minimum Gasteiger partial charge on any atom is -0.314 e. The van der Waals surface area contributed by atoms with E-state index >= 15 is 0 Å². The van der Waals surface area contributed by atoms with E-state index in [-0.39, 0.29) is 6.04 Å². The molecule has 0 bridgehead atoms. The molecule has 1 aromatic rings. The number of rotatable bonds is 1. The Morgan fingerprint density at radius 2 is 2.23 bits per heavy atom. The Bertz CT molecular complexity index is 268. The van der Waals surface area contributed by atoms with Crippen molar-refractivity contribution < 1.29 is 0 Å². The van der Waals surface area contributed by atoms with Crippen molar-refractivity contribution in [3.05, 3.63) is 23.0 Å². The third-order valence-electron chi connectivity index (χ3n) is 2.05. The smallest absolute Gasteiger partial charge is 0.151 e. The van der Waals surface area contributed by atoms with E-state index in [2.05, 4.69) is 20.8 Å². The van der Waals surface area contributed by atoms with E-state index in [4.69, 9.17) is 11.6 Å². The first-order chi connectivity index (χ1) is 6.36. The van der Waals surface area contributed by atoms with Gasteiger partial charge in [0.15, 0.2) is 5.15 Å². The van der Waals surface area contributed by atoms with Crippen LogP contribution in [-0.2, 0) is 0 Å². The summed E-state index contributed by atoms with van der Waals surface area (Å²) >= 11 is 5.64. The molecule has 1 unspecified atom stereocenters. The highest BCUT2D eigenvalue weighted by atomic mass is 35.5. The normalized spacial score (nSPS) is 23.0. The standard InChI is InChI=1S/C8H11ClN4/c9-8-2-1-6(12-13-8)7-5-10-3-4-11-7/h1-2,7,10-11H,3-5H2. The first kappa shape index (κ1) is 8.87. The number of nitrogens with zero attached hydrogens (tertiary/aromatic N) is 2. The molecule has 0 radical (unpaired) electrons. The van der Waals surface area contributed by atoms with Gasteiger partial charge >= 0.3 is 0 Å². The molecule has 70 valence electrons.